The van der Waals surface area contributed by atoms with Gasteiger partial charge in [0, 0.05) is 18.0 Å². The van der Waals surface area contributed by atoms with Crippen molar-refractivity contribution >= 4 is 11.8 Å². The van der Waals surface area contributed by atoms with E-state index >= 15 is 0 Å². The van der Waals surface area contributed by atoms with Crippen LogP contribution >= 0.6 is 11.8 Å². The quantitative estimate of drug-likeness (QED) is 0.810. The Bertz CT molecular complexity index is 575. The monoisotopic (exact) mass is 300 g/mol. The summed E-state index contributed by atoms with van der Waals surface area (Å²) < 4.78 is 0. The van der Waals surface area contributed by atoms with E-state index in [9.17, 15) is 0 Å². The van der Waals surface area contributed by atoms with Crippen molar-refractivity contribution in [2.75, 3.05) is 0 Å². The highest BCUT2D eigenvalue weighted by Crippen LogP contribution is 2.26. The van der Waals surface area contributed by atoms with E-state index in [2.05, 4.69) is 50.0 Å². The number of nitrogens with zero attached hydrogens (tertiary/aromatic N) is 1. The first kappa shape index (κ1) is 16.1. The Morgan fingerprint density at radius 3 is 2.57 bits per heavy atom. The van der Waals surface area contributed by atoms with Crippen LogP contribution in [0.1, 0.15) is 35.6 Å². The van der Waals surface area contributed by atoms with Crippen molar-refractivity contribution in [3.8, 4) is 0 Å². The molecule has 0 spiro atoms. The minimum Gasteiger partial charge on any atom is -0.327 e. The van der Waals surface area contributed by atoms with Gasteiger partial charge in [-0.05, 0) is 43.9 Å². The van der Waals surface area contributed by atoms with Crippen LogP contribution in [0, 0.1) is 13.8 Å². The lowest BCUT2D eigenvalue weighted by atomic mass is 10.1. The number of aromatic nitrogens is 1. The Morgan fingerprint density at radius 1 is 1.19 bits per heavy atom. The Morgan fingerprint density at radius 2 is 1.90 bits per heavy atom. The zero-order valence-electron chi connectivity index (χ0n) is 13.1. The van der Waals surface area contributed by atoms with Gasteiger partial charge in [-0.3, -0.25) is 0 Å². The molecule has 0 aliphatic carbocycles. The van der Waals surface area contributed by atoms with Crippen molar-refractivity contribution in [3.63, 3.8) is 0 Å². The largest absolute Gasteiger partial charge is 0.327 e. The highest BCUT2D eigenvalue weighted by atomic mass is 32.2. The molecule has 0 amide bonds. The van der Waals surface area contributed by atoms with Gasteiger partial charge in [0.1, 0.15) is 0 Å². The molecular formula is C18H24N2S. The lowest BCUT2D eigenvalue weighted by Gasteiger charge is -2.12. The minimum absolute atomic E-state index is 0.217. The number of pyridine rings is 1. The van der Waals surface area contributed by atoms with Crippen molar-refractivity contribution in [2.24, 2.45) is 5.73 Å². The van der Waals surface area contributed by atoms with Gasteiger partial charge in [-0.15, -0.1) is 11.8 Å². The minimum atomic E-state index is 0.217. The van der Waals surface area contributed by atoms with E-state index in [4.69, 9.17) is 5.73 Å². The van der Waals surface area contributed by atoms with Crippen LogP contribution in [0.25, 0.3) is 0 Å². The molecule has 0 fully saturated rings. The summed E-state index contributed by atoms with van der Waals surface area (Å²) in [5.41, 5.74) is 11.3. The predicted octanol–water partition coefficient (Wildman–Crippen LogP) is 4.27. The van der Waals surface area contributed by atoms with Gasteiger partial charge in [0.15, 0.2) is 0 Å². The van der Waals surface area contributed by atoms with E-state index in [0.717, 1.165) is 23.6 Å². The smallest absolute Gasteiger partial charge is 0.0995 e. The maximum Gasteiger partial charge on any atom is 0.0995 e. The Kier molecular flexibility index (Phi) is 5.83. The molecule has 0 radical (unpaired) electrons. The van der Waals surface area contributed by atoms with E-state index in [0.29, 0.717) is 0 Å². The van der Waals surface area contributed by atoms with Gasteiger partial charge in [0.25, 0.3) is 0 Å². The molecule has 2 nitrogen and oxygen atoms in total. The van der Waals surface area contributed by atoms with Crippen LogP contribution < -0.4 is 5.73 Å². The third-order valence-electron chi connectivity index (χ3n) is 3.51. The summed E-state index contributed by atoms with van der Waals surface area (Å²) in [4.78, 5) is 4.53. The zero-order chi connectivity index (χ0) is 15.2. The Hall–Kier alpha value is -1.32. The summed E-state index contributed by atoms with van der Waals surface area (Å²) >= 11 is 1.80. The summed E-state index contributed by atoms with van der Waals surface area (Å²) in [7, 11) is 0. The normalized spacial score (nSPS) is 12.4. The molecule has 3 heteroatoms. The first-order valence-corrected chi connectivity index (χ1v) is 8.46. The van der Waals surface area contributed by atoms with Crippen LogP contribution in [-0.2, 0) is 12.2 Å². The van der Waals surface area contributed by atoms with Crippen LogP contribution in [0.15, 0.2) is 41.6 Å². The third-order valence-corrected chi connectivity index (χ3v) is 4.63. The van der Waals surface area contributed by atoms with Gasteiger partial charge >= 0.3 is 0 Å². The van der Waals surface area contributed by atoms with Crippen LogP contribution in [0.5, 0.6) is 0 Å². The zero-order valence-corrected chi connectivity index (χ0v) is 13.9. The standard InChI is InChI=1S/C18H24N2S/c1-4-17(19)11-16-6-5-7-20-18(16)21-12-15-9-13(2)8-14(3)10-15/h5-10,17H,4,11-12,19H2,1-3H3. The van der Waals surface area contributed by atoms with Gasteiger partial charge in [-0.2, -0.15) is 0 Å². The highest BCUT2D eigenvalue weighted by molar-refractivity contribution is 7.98. The van der Waals surface area contributed by atoms with Crippen LogP contribution in [0.2, 0.25) is 0 Å². The summed E-state index contributed by atoms with van der Waals surface area (Å²) in [5, 5.41) is 1.11. The average Bonchev–Trinajstić information content (AvgIpc) is 2.45. The molecule has 2 N–H and O–H groups in total. The number of hydrogen-bond donors (Lipinski definition) is 1. The molecule has 0 saturated carbocycles. The van der Waals surface area contributed by atoms with Crippen molar-refractivity contribution in [3.05, 3.63) is 58.8 Å². The lowest BCUT2D eigenvalue weighted by molar-refractivity contribution is 0.637. The van der Waals surface area contributed by atoms with Crippen LogP contribution in [0.3, 0.4) is 0 Å². The number of thioether (sulfide) groups is 1. The number of nitrogens with two attached hydrogens (primary N) is 1. The van der Waals surface area contributed by atoms with Gasteiger partial charge < -0.3 is 5.73 Å². The van der Waals surface area contributed by atoms with Crippen molar-refractivity contribution in [1.29, 1.82) is 0 Å². The SMILES string of the molecule is CCC(N)Cc1cccnc1SCc1cc(C)cc(C)c1. The molecular weight excluding hydrogens is 276 g/mol. The van der Waals surface area contributed by atoms with E-state index < -0.39 is 0 Å². The van der Waals surface area contributed by atoms with Crippen molar-refractivity contribution in [1.82, 2.24) is 4.98 Å². The van der Waals surface area contributed by atoms with Gasteiger partial charge in [0.2, 0.25) is 0 Å². The second-order valence-corrected chi connectivity index (χ2v) is 6.59. The van der Waals surface area contributed by atoms with E-state index in [1.54, 1.807) is 11.8 Å². The first-order chi connectivity index (χ1) is 10.1. The molecule has 1 unspecified atom stereocenters. The lowest BCUT2D eigenvalue weighted by Crippen LogP contribution is -2.21. The van der Waals surface area contributed by atoms with Crippen molar-refractivity contribution < 1.29 is 0 Å². The first-order valence-electron chi connectivity index (χ1n) is 7.48. The third kappa shape index (κ3) is 4.87. The maximum absolute atomic E-state index is 6.08. The van der Waals surface area contributed by atoms with Crippen molar-refractivity contribution in [2.45, 2.75) is 50.4 Å². The molecule has 2 aromatic rings. The number of hydrogen-bond acceptors (Lipinski definition) is 3. The van der Waals surface area contributed by atoms with Crippen LogP contribution in [-0.4, -0.2) is 11.0 Å². The maximum atomic E-state index is 6.08. The fourth-order valence-electron chi connectivity index (χ4n) is 2.44. The summed E-state index contributed by atoms with van der Waals surface area (Å²) in [6.07, 6.45) is 3.76. The van der Waals surface area contributed by atoms with E-state index in [-0.39, 0.29) is 6.04 Å². The summed E-state index contributed by atoms with van der Waals surface area (Å²) in [6.45, 7) is 6.42. The number of benzene rings is 1. The van der Waals surface area contributed by atoms with Gasteiger partial charge in [-0.25, -0.2) is 4.98 Å². The van der Waals surface area contributed by atoms with Gasteiger partial charge in [0.05, 0.1) is 5.03 Å². The Labute approximate surface area is 132 Å². The number of aryl methyl sites for hydroxylation is 2. The highest BCUT2D eigenvalue weighted by Gasteiger charge is 2.08. The van der Waals surface area contributed by atoms with E-state index in [1.165, 1.54) is 22.3 Å². The molecule has 0 bridgehead atoms. The van der Waals surface area contributed by atoms with E-state index in [1.807, 2.05) is 12.3 Å². The van der Waals surface area contributed by atoms with Crippen LogP contribution in [0.4, 0.5) is 0 Å². The second-order valence-electron chi connectivity index (χ2n) is 5.62. The molecule has 21 heavy (non-hydrogen) atoms. The summed E-state index contributed by atoms with van der Waals surface area (Å²) in [5.74, 6) is 0.952. The Balaban J connectivity index is 2.09. The average molecular weight is 300 g/mol. The molecule has 1 heterocycles. The fourth-order valence-corrected chi connectivity index (χ4v) is 3.38. The molecule has 0 aliphatic heterocycles. The van der Waals surface area contributed by atoms with Gasteiger partial charge in [-0.1, -0.05) is 42.3 Å². The number of rotatable bonds is 6. The molecule has 1 aromatic heterocycles. The molecule has 2 rings (SSSR count). The molecule has 0 aliphatic rings. The predicted molar refractivity (Wildman–Crippen MR) is 91.7 cm³/mol. The molecule has 112 valence electrons. The second kappa shape index (κ2) is 7.62. The topological polar surface area (TPSA) is 38.9 Å². The molecule has 1 aromatic carbocycles. The molecule has 0 saturated heterocycles. The molecule has 1 atom stereocenters. The fraction of sp³-hybridized carbons (Fsp3) is 0.389. The summed E-state index contributed by atoms with van der Waals surface area (Å²) in [6, 6.07) is 11.1.